The van der Waals surface area contributed by atoms with Gasteiger partial charge in [-0.3, -0.25) is 0 Å². The van der Waals surface area contributed by atoms with E-state index in [4.69, 9.17) is 18.9 Å². The van der Waals surface area contributed by atoms with Crippen LogP contribution in [0.4, 0.5) is 68.2 Å². The molecule has 0 aliphatic carbocycles. The first-order chi connectivity index (χ1) is 59.0. The number of nitrogens with zero attached hydrogens (tertiary/aromatic N) is 4. The predicted octanol–water partition coefficient (Wildman–Crippen LogP) is 30.2. The SMILES string of the molecule is C=C(C)C(=O)OCOc1ccc(N(c2ccc(-c3cc4c(-c5ccc(N(c6ccccc6)c6ccccc6)cc5)c5sc(-c6ccc(N(c7ccc(OCOC(=O)C(=C)C)cc7)c7c8ccccc8cc8ccccc78)cc6)cc5c(-c5ccc(N(c6ccccc6)c6ccccc6)cc5)c4s3)cc2)c2c3ccccc3cc3ccccc23)cc1. The van der Waals surface area contributed by atoms with Crippen molar-refractivity contribution in [3.8, 4) is 54.6 Å². The lowest BCUT2D eigenvalue weighted by atomic mass is 9.92. The molecule has 19 rings (SSSR count). The fourth-order valence-electron chi connectivity index (χ4n) is 16.1. The zero-order valence-electron chi connectivity index (χ0n) is 65.8. The molecule has 0 bridgehead atoms. The Balaban J connectivity index is 0.792. The Morgan fingerprint density at radius 2 is 0.508 bits per heavy atom. The van der Waals surface area contributed by atoms with Gasteiger partial charge in [0.2, 0.25) is 13.6 Å². The van der Waals surface area contributed by atoms with Crippen molar-refractivity contribution in [3.63, 3.8) is 0 Å². The van der Waals surface area contributed by atoms with Crippen molar-refractivity contribution in [1.82, 2.24) is 0 Å². The Hall–Kier alpha value is -15.1. The minimum atomic E-state index is -0.512. The summed E-state index contributed by atoms with van der Waals surface area (Å²) >= 11 is 3.65. The molecule has 0 N–H and O–H groups in total. The maximum Gasteiger partial charge on any atom is 0.335 e. The van der Waals surface area contributed by atoms with Crippen LogP contribution in [0.5, 0.6) is 11.5 Å². The summed E-state index contributed by atoms with van der Waals surface area (Å²) in [6.45, 7) is 10.2. The molecule has 2 heterocycles. The van der Waals surface area contributed by atoms with Gasteiger partial charge in [0.05, 0.1) is 11.4 Å². The Labute approximate surface area is 704 Å². The average Bonchev–Trinajstić information content (AvgIpc) is 1.56. The molecule has 0 atom stereocenters. The topological polar surface area (TPSA) is 84.0 Å². The number of anilines is 12. The van der Waals surface area contributed by atoms with E-state index in [-0.39, 0.29) is 13.6 Å². The first-order valence-electron chi connectivity index (χ1n) is 39.8. The monoisotopic (exact) mass is 1590 g/mol. The van der Waals surface area contributed by atoms with Crippen molar-refractivity contribution < 1.29 is 28.5 Å². The van der Waals surface area contributed by atoms with Crippen molar-refractivity contribution in [3.05, 3.63) is 413 Å². The predicted molar refractivity (Wildman–Crippen MR) is 501 cm³/mol. The molecule has 0 unspecified atom stereocenters. The molecule has 17 aromatic carbocycles. The number of benzene rings is 17. The maximum absolute atomic E-state index is 12.4. The fraction of sp³-hybridized carbons (Fsp3) is 0.0370. The van der Waals surface area contributed by atoms with Crippen LogP contribution in [-0.2, 0) is 19.1 Å². The van der Waals surface area contributed by atoms with Gasteiger partial charge in [-0.05, 0) is 228 Å². The van der Waals surface area contributed by atoms with Gasteiger partial charge in [-0.25, -0.2) is 9.59 Å². The second-order valence-corrected chi connectivity index (χ2v) is 31.7. The fourth-order valence-corrected chi connectivity index (χ4v) is 18.6. The first-order valence-corrected chi connectivity index (χ1v) is 41.4. The summed E-state index contributed by atoms with van der Waals surface area (Å²) < 4.78 is 25.0. The van der Waals surface area contributed by atoms with E-state index in [2.05, 4.69) is 397 Å². The molecule has 578 valence electrons. The molecule has 0 amide bonds. The number of rotatable bonds is 24. The number of thiophene rings is 2. The largest absolute Gasteiger partial charge is 0.457 e. The number of ether oxygens (including phenoxy) is 4. The minimum absolute atomic E-state index is 0.245. The highest BCUT2D eigenvalue weighted by Crippen LogP contribution is 2.55. The van der Waals surface area contributed by atoms with Gasteiger partial charge in [-0.2, -0.15) is 0 Å². The lowest BCUT2D eigenvalue weighted by Gasteiger charge is -2.28. The average molecular weight is 1590 g/mol. The van der Waals surface area contributed by atoms with E-state index in [9.17, 15) is 9.59 Å². The van der Waals surface area contributed by atoms with Crippen LogP contribution in [0.3, 0.4) is 0 Å². The summed E-state index contributed by atoms with van der Waals surface area (Å²) in [7, 11) is 0. The van der Waals surface area contributed by atoms with E-state index in [1.165, 1.54) is 0 Å². The third-order valence-electron chi connectivity index (χ3n) is 21.8. The van der Waals surface area contributed by atoms with E-state index < -0.39 is 11.9 Å². The highest BCUT2D eigenvalue weighted by molar-refractivity contribution is 7.25. The number of fused-ring (bicyclic) bond motifs is 6. The van der Waals surface area contributed by atoms with Gasteiger partial charge in [0.25, 0.3) is 0 Å². The third kappa shape index (κ3) is 14.8. The Bertz CT molecular complexity index is 6380. The molecule has 19 aromatic rings. The zero-order chi connectivity index (χ0) is 81.2. The third-order valence-corrected chi connectivity index (χ3v) is 24.2. The van der Waals surface area contributed by atoms with Gasteiger partial charge in [0.1, 0.15) is 11.5 Å². The zero-order valence-corrected chi connectivity index (χ0v) is 67.5. The molecule has 2 aromatic heterocycles. The van der Waals surface area contributed by atoms with Crippen molar-refractivity contribution in [2.75, 3.05) is 33.2 Å². The van der Waals surface area contributed by atoms with Crippen molar-refractivity contribution >= 4 is 166 Å². The van der Waals surface area contributed by atoms with Crippen LogP contribution in [0, 0.1) is 0 Å². The van der Waals surface area contributed by atoms with Gasteiger partial charge in [0.15, 0.2) is 0 Å². The molecule has 0 aliphatic heterocycles. The minimum Gasteiger partial charge on any atom is -0.457 e. The summed E-state index contributed by atoms with van der Waals surface area (Å²) in [4.78, 5) is 36.3. The number of esters is 2. The molecule has 12 heteroatoms. The highest BCUT2D eigenvalue weighted by Gasteiger charge is 2.28. The second kappa shape index (κ2) is 32.9. The van der Waals surface area contributed by atoms with Crippen molar-refractivity contribution in [2.45, 2.75) is 13.8 Å². The summed E-state index contributed by atoms with van der Waals surface area (Å²) in [6.07, 6.45) is 0. The van der Waals surface area contributed by atoms with E-state index in [0.29, 0.717) is 22.6 Å². The van der Waals surface area contributed by atoms with Crippen LogP contribution in [-0.4, -0.2) is 25.5 Å². The van der Waals surface area contributed by atoms with E-state index in [1.807, 2.05) is 46.9 Å². The van der Waals surface area contributed by atoms with Crippen molar-refractivity contribution in [1.29, 1.82) is 0 Å². The number of hydrogen-bond donors (Lipinski definition) is 0. The summed E-state index contributed by atoms with van der Waals surface area (Å²) in [5, 5.41) is 11.2. The molecule has 0 radical (unpaired) electrons. The standard InChI is InChI=1S/C108H78N4O6S2/c1-71(2)107(113)117-69-115-91-61-57-89(58-62-91)111(103-93-37-21-17-25-77(93)65-78-26-18-22-38-94(78)103)87-49-41-73(42-50-87)99-67-97-101(75-45-53-85(54-46-75)109(81-29-9-5-10-30-81)82-31-11-6-12-32-82)106-98(102(105(97)119-99)76-47-55-86(56-48-76)110(83-33-13-7-14-34-83)84-35-15-8-16-36-84)68-100(120-106)74-43-51-88(52-44-74)112(90-59-63-92(64-60-90)116-70-118-108(114)72(3)4)104-95-39-23-19-27-79(95)66-80-28-20-24-40-96(80)104/h5-68H,1,3,69-70H2,2,4H3. The Kier molecular flexibility index (Phi) is 20.6. The molecule has 10 nitrogen and oxygen atoms in total. The second-order valence-electron chi connectivity index (χ2n) is 29.6. The number of para-hydroxylation sites is 4. The van der Waals surface area contributed by atoms with E-state index in [0.717, 1.165) is 175 Å². The quantitative estimate of drug-likeness (QED) is 0.0252. The molecule has 120 heavy (non-hydrogen) atoms. The van der Waals surface area contributed by atoms with Gasteiger partial charge in [-0.1, -0.05) is 232 Å². The highest BCUT2D eigenvalue weighted by atomic mass is 32.1. The molecule has 0 saturated carbocycles. The van der Waals surface area contributed by atoms with E-state index in [1.54, 1.807) is 13.8 Å². The van der Waals surface area contributed by atoms with Gasteiger partial charge >= 0.3 is 11.9 Å². The number of carbonyl (C=O) groups excluding carboxylic acids is 2. The number of carbonyl (C=O) groups is 2. The summed E-state index contributed by atoms with van der Waals surface area (Å²) in [6, 6.07) is 138. The van der Waals surface area contributed by atoms with Gasteiger partial charge < -0.3 is 38.5 Å². The first kappa shape index (κ1) is 75.0. The smallest absolute Gasteiger partial charge is 0.335 e. The molecular weight excluding hydrogens is 1510 g/mol. The lowest BCUT2D eigenvalue weighted by molar-refractivity contribution is -0.146. The van der Waals surface area contributed by atoms with Crippen molar-refractivity contribution in [2.24, 2.45) is 0 Å². The van der Waals surface area contributed by atoms with Crippen LogP contribution in [0.25, 0.3) is 106 Å². The maximum atomic E-state index is 12.4. The number of hydrogen-bond acceptors (Lipinski definition) is 12. The Morgan fingerprint density at radius 1 is 0.267 bits per heavy atom. The van der Waals surface area contributed by atoms with Gasteiger partial charge in [-0.15, -0.1) is 22.7 Å². The molecule has 0 saturated heterocycles. The van der Waals surface area contributed by atoms with Crippen LogP contribution < -0.4 is 29.1 Å². The normalized spacial score (nSPS) is 11.3. The van der Waals surface area contributed by atoms with Crippen LogP contribution in [0.15, 0.2) is 413 Å². The summed E-state index contributed by atoms with van der Waals surface area (Å²) in [5.74, 6) is 0.0869. The lowest BCUT2D eigenvalue weighted by Crippen LogP contribution is -2.12. The molecular formula is C108H78N4O6S2. The molecule has 0 spiro atoms. The molecule has 0 fully saturated rings. The summed E-state index contributed by atoms with van der Waals surface area (Å²) in [5.41, 5.74) is 19.4. The van der Waals surface area contributed by atoms with Crippen LogP contribution in [0.1, 0.15) is 13.8 Å². The van der Waals surface area contributed by atoms with Crippen LogP contribution in [0.2, 0.25) is 0 Å². The van der Waals surface area contributed by atoms with Gasteiger partial charge in [0, 0.05) is 131 Å². The van der Waals surface area contributed by atoms with E-state index >= 15 is 0 Å². The molecule has 0 aliphatic rings. The van der Waals surface area contributed by atoms with Crippen LogP contribution >= 0.6 is 22.7 Å². The Morgan fingerprint density at radius 3 is 0.792 bits per heavy atom.